The normalized spacial score (nSPS) is 12.7. The summed E-state index contributed by atoms with van der Waals surface area (Å²) >= 11 is 0. The Kier molecular flexibility index (Phi) is 6.12. The summed E-state index contributed by atoms with van der Waals surface area (Å²) in [6.45, 7) is 2.57. The Labute approximate surface area is 97.9 Å². The van der Waals surface area contributed by atoms with E-state index in [1.165, 1.54) is 11.1 Å². The molecule has 0 saturated carbocycles. The molecule has 0 aliphatic heterocycles. The lowest BCUT2D eigenvalue weighted by Crippen LogP contribution is -2.10. The highest BCUT2D eigenvalue weighted by molar-refractivity contribution is 5.21. The third kappa shape index (κ3) is 4.77. The van der Waals surface area contributed by atoms with E-state index < -0.39 is 0 Å². The van der Waals surface area contributed by atoms with Gasteiger partial charge in [0, 0.05) is 13.2 Å². The zero-order chi connectivity index (χ0) is 11.8. The number of unbranched alkanes of at least 4 members (excludes halogenated alkanes) is 1. The van der Waals surface area contributed by atoms with Gasteiger partial charge < -0.3 is 10.2 Å². The molecule has 0 aliphatic carbocycles. The molecule has 2 nitrogen and oxygen atoms in total. The maximum Gasteiger partial charge on any atom is 0.0462 e. The van der Waals surface area contributed by atoms with E-state index >= 15 is 0 Å². The zero-order valence-corrected chi connectivity index (χ0v) is 10.0. The number of aliphatic hydroxyl groups is 2. The van der Waals surface area contributed by atoms with Crippen LogP contribution in [0.5, 0.6) is 0 Å². The first-order chi connectivity index (χ1) is 7.76. The van der Waals surface area contributed by atoms with Crippen LogP contribution in [-0.2, 0) is 6.42 Å². The molecule has 1 rings (SSSR count). The third-order valence-electron chi connectivity index (χ3n) is 2.92. The smallest absolute Gasteiger partial charge is 0.0462 e. The predicted molar refractivity (Wildman–Crippen MR) is 66.4 cm³/mol. The van der Waals surface area contributed by atoms with Crippen molar-refractivity contribution in [3.63, 3.8) is 0 Å². The highest BCUT2D eigenvalue weighted by atomic mass is 16.3. The van der Waals surface area contributed by atoms with Crippen molar-refractivity contribution in [1.29, 1.82) is 0 Å². The maximum absolute atomic E-state index is 9.28. The summed E-state index contributed by atoms with van der Waals surface area (Å²) in [6, 6.07) is 8.48. The molecule has 90 valence electrons. The molecule has 2 heteroatoms. The van der Waals surface area contributed by atoms with Gasteiger partial charge in [-0.1, -0.05) is 36.2 Å². The van der Waals surface area contributed by atoms with Gasteiger partial charge in [0.2, 0.25) is 0 Å². The molecule has 2 N–H and O–H groups in total. The summed E-state index contributed by atoms with van der Waals surface area (Å²) in [4.78, 5) is 0. The van der Waals surface area contributed by atoms with E-state index in [2.05, 4.69) is 31.2 Å². The molecule has 1 aromatic carbocycles. The van der Waals surface area contributed by atoms with E-state index in [9.17, 15) is 5.11 Å². The van der Waals surface area contributed by atoms with E-state index in [0.717, 1.165) is 25.7 Å². The van der Waals surface area contributed by atoms with E-state index in [1.807, 2.05) is 0 Å². The quantitative estimate of drug-likeness (QED) is 0.695. The maximum atomic E-state index is 9.28. The lowest BCUT2D eigenvalue weighted by Gasteiger charge is -2.13. The largest absolute Gasteiger partial charge is 0.396 e. The summed E-state index contributed by atoms with van der Waals surface area (Å²) in [6.07, 6.45) is 3.76. The van der Waals surface area contributed by atoms with Crippen LogP contribution in [0.3, 0.4) is 0 Å². The second kappa shape index (κ2) is 7.42. The van der Waals surface area contributed by atoms with Crippen LogP contribution >= 0.6 is 0 Å². The zero-order valence-electron chi connectivity index (χ0n) is 10.0. The Morgan fingerprint density at radius 2 is 1.75 bits per heavy atom. The average Bonchev–Trinajstić information content (AvgIpc) is 2.31. The predicted octanol–water partition coefficient (Wildman–Crippen LogP) is 2.31. The van der Waals surface area contributed by atoms with Gasteiger partial charge in [0.15, 0.2) is 0 Å². The molecule has 0 amide bonds. The Balaban J connectivity index is 2.40. The van der Waals surface area contributed by atoms with Crippen molar-refractivity contribution in [2.45, 2.75) is 32.6 Å². The van der Waals surface area contributed by atoms with E-state index in [0.29, 0.717) is 5.92 Å². The van der Waals surface area contributed by atoms with Crippen molar-refractivity contribution in [3.05, 3.63) is 35.4 Å². The molecule has 1 atom stereocenters. The van der Waals surface area contributed by atoms with E-state index in [-0.39, 0.29) is 13.2 Å². The van der Waals surface area contributed by atoms with Crippen LogP contribution in [0.2, 0.25) is 0 Å². The Bertz CT molecular complexity index is 279. The summed E-state index contributed by atoms with van der Waals surface area (Å²) in [7, 11) is 0. The molecule has 0 aromatic heterocycles. The summed E-state index contributed by atoms with van der Waals surface area (Å²) in [5.41, 5.74) is 2.55. The molecule has 0 spiro atoms. The molecule has 16 heavy (non-hydrogen) atoms. The molecule has 0 unspecified atom stereocenters. The van der Waals surface area contributed by atoms with Crippen LogP contribution in [0.25, 0.3) is 0 Å². The second-order valence-corrected chi connectivity index (χ2v) is 4.46. The van der Waals surface area contributed by atoms with Crippen molar-refractivity contribution >= 4 is 0 Å². The number of aryl methyl sites for hydroxylation is 1. The SMILES string of the molecule is Cc1ccc(C[C@H](CO)CCCCO)cc1. The van der Waals surface area contributed by atoms with Crippen molar-refractivity contribution in [3.8, 4) is 0 Å². The van der Waals surface area contributed by atoms with Crippen molar-refractivity contribution in [2.24, 2.45) is 5.92 Å². The highest BCUT2D eigenvalue weighted by Crippen LogP contribution is 2.15. The van der Waals surface area contributed by atoms with Gasteiger partial charge in [0.1, 0.15) is 0 Å². The molecule has 0 aliphatic rings. The second-order valence-electron chi connectivity index (χ2n) is 4.46. The van der Waals surface area contributed by atoms with Crippen LogP contribution in [0.1, 0.15) is 30.4 Å². The molecule has 1 aromatic rings. The van der Waals surface area contributed by atoms with Crippen molar-refractivity contribution in [1.82, 2.24) is 0 Å². The standard InChI is InChI=1S/C14H22O2/c1-12-5-7-13(8-6-12)10-14(11-16)4-2-3-9-15/h5-8,14-16H,2-4,9-11H2,1H3/t14-/m1/s1. The van der Waals surface area contributed by atoms with Gasteiger partial charge >= 0.3 is 0 Å². The first kappa shape index (κ1) is 13.2. The van der Waals surface area contributed by atoms with E-state index in [4.69, 9.17) is 5.11 Å². The molecule has 0 fully saturated rings. The van der Waals surface area contributed by atoms with Gasteiger partial charge in [0.25, 0.3) is 0 Å². The minimum absolute atomic E-state index is 0.235. The molecule has 0 radical (unpaired) electrons. The molecular formula is C14H22O2. The van der Waals surface area contributed by atoms with Crippen LogP contribution in [0, 0.1) is 12.8 Å². The minimum atomic E-state index is 0.235. The molecule has 0 bridgehead atoms. The summed E-state index contributed by atoms with van der Waals surface area (Å²) in [5, 5.41) is 18.0. The highest BCUT2D eigenvalue weighted by Gasteiger charge is 2.08. The van der Waals surface area contributed by atoms with Crippen LogP contribution < -0.4 is 0 Å². The minimum Gasteiger partial charge on any atom is -0.396 e. The fourth-order valence-corrected chi connectivity index (χ4v) is 1.86. The third-order valence-corrected chi connectivity index (χ3v) is 2.92. The van der Waals surface area contributed by atoms with Gasteiger partial charge in [-0.2, -0.15) is 0 Å². The number of rotatable bonds is 7. The van der Waals surface area contributed by atoms with E-state index in [1.54, 1.807) is 0 Å². The molecular weight excluding hydrogens is 200 g/mol. The molecule has 0 heterocycles. The Hall–Kier alpha value is -0.860. The van der Waals surface area contributed by atoms with Gasteiger partial charge in [-0.15, -0.1) is 0 Å². The Morgan fingerprint density at radius 1 is 1.06 bits per heavy atom. The van der Waals surface area contributed by atoms with Crippen LogP contribution in [0.4, 0.5) is 0 Å². The number of aliphatic hydroxyl groups excluding tert-OH is 2. The first-order valence-electron chi connectivity index (χ1n) is 6.03. The fourth-order valence-electron chi connectivity index (χ4n) is 1.86. The van der Waals surface area contributed by atoms with Gasteiger partial charge in [0.05, 0.1) is 0 Å². The van der Waals surface area contributed by atoms with Gasteiger partial charge in [-0.25, -0.2) is 0 Å². The number of benzene rings is 1. The summed E-state index contributed by atoms with van der Waals surface area (Å²) in [5.74, 6) is 0.328. The van der Waals surface area contributed by atoms with Crippen LogP contribution in [0.15, 0.2) is 24.3 Å². The fraction of sp³-hybridized carbons (Fsp3) is 0.571. The summed E-state index contributed by atoms with van der Waals surface area (Å²) < 4.78 is 0. The average molecular weight is 222 g/mol. The van der Waals surface area contributed by atoms with Gasteiger partial charge in [-0.3, -0.25) is 0 Å². The van der Waals surface area contributed by atoms with Crippen LogP contribution in [-0.4, -0.2) is 23.4 Å². The lowest BCUT2D eigenvalue weighted by atomic mass is 9.94. The van der Waals surface area contributed by atoms with Gasteiger partial charge in [-0.05, 0) is 37.7 Å². The topological polar surface area (TPSA) is 40.5 Å². The number of hydrogen-bond acceptors (Lipinski definition) is 2. The first-order valence-corrected chi connectivity index (χ1v) is 6.03. The van der Waals surface area contributed by atoms with Crippen molar-refractivity contribution < 1.29 is 10.2 Å². The number of hydrogen-bond donors (Lipinski definition) is 2. The molecule has 0 saturated heterocycles. The lowest BCUT2D eigenvalue weighted by molar-refractivity contribution is 0.209. The Morgan fingerprint density at radius 3 is 2.31 bits per heavy atom. The monoisotopic (exact) mass is 222 g/mol. The van der Waals surface area contributed by atoms with Crippen molar-refractivity contribution in [2.75, 3.05) is 13.2 Å².